The molecular formula is C9H11N3O5. The summed E-state index contributed by atoms with van der Waals surface area (Å²) >= 11 is 0. The number of carboxylic acid groups (broad SMARTS) is 1. The minimum absolute atomic E-state index is 0.00817. The molecule has 0 amide bonds. The van der Waals surface area contributed by atoms with Gasteiger partial charge in [0.05, 0.1) is 4.92 Å². The molecule has 0 spiro atoms. The monoisotopic (exact) mass is 241 g/mol. The van der Waals surface area contributed by atoms with E-state index >= 15 is 0 Å². The Labute approximate surface area is 96.1 Å². The minimum atomic E-state index is -1.38. The summed E-state index contributed by atoms with van der Waals surface area (Å²) in [6, 6.07) is 1.10. The van der Waals surface area contributed by atoms with E-state index in [1.165, 1.54) is 0 Å². The number of nitrogens with zero attached hydrogens (tertiary/aromatic N) is 2. The fourth-order valence-corrected chi connectivity index (χ4v) is 1.16. The normalized spacial score (nSPS) is 9.94. The smallest absolute Gasteiger partial charge is 0.342 e. The Morgan fingerprint density at radius 3 is 2.82 bits per heavy atom. The molecule has 3 N–H and O–H groups in total. The van der Waals surface area contributed by atoms with Crippen LogP contribution in [-0.4, -0.2) is 39.2 Å². The average molecular weight is 241 g/mol. The zero-order chi connectivity index (χ0) is 12.8. The lowest BCUT2D eigenvalue weighted by atomic mass is 10.2. The molecule has 0 saturated carbocycles. The average Bonchev–Trinajstić information content (AvgIpc) is 2.29. The Balaban J connectivity index is 2.94. The first kappa shape index (κ1) is 12.8. The maximum absolute atomic E-state index is 10.8. The molecule has 8 nitrogen and oxygen atoms in total. The number of pyridine rings is 1. The Morgan fingerprint density at radius 2 is 2.29 bits per heavy atom. The molecule has 0 aliphatic carbocycles. The Hall–Kier alpha value is -2.22. The van der Waals surface area contributed by atoms with Crippen molar-refractivity contribution in [3.05, 3.63) is 27.9 Å². The number of rotatable bonds is 6. The highest BCUT2D eigenvalue weighted by Gasteiger charge is 2.20. The number of hydrogen-bond acceptors (Lipinski definition) is 6. The lowest BCUT2D eigenvalue weighted by molar-refractivity contribution is -0.385. The number of aliphatic hydroxyl groups is 1. The summed E-state index contributed by atoms with van der Waals surface area (Å²) in [6.45, 7) is 0.395. The van der Waals surface area contributed by atoms with E-state index in [4.69, 9.17) is 10.2 Å². The van der Waals surface area contributed by atoms with E-state index in [0.29, 0.717) is 13.0 Å². The van der Waals surface area contributed by atoms with Crippen molar-refractivity contribution in [2.24, 2.45) is 0 Å². The van der Waals surface area contributed by atoms with Crippen molar-refractivity contribution in [1.82, 2.24) is 4.98 Å². The van der Waals surface area contributed by atoms with Crippen molar-refractivity contribution in [3.63, 3.8) is 0 Å². The number of aromatic carboxylic acids is 1. The van der Waals surface area contributed by atoms with Crippen LogP contribution in [0.2, 0.25) is 0 Å². The van der Waals surface area contributed by atoms with Crippen LogP contribution in [0.15, 0.2) is 12.3 Å². The second-order valence-electron chi connectivity index (χ2n) is 3.15. The van der Waals surface area contributed by atoms with E-state index in [-0.39, 0.29) is 12.4 Å². The van der Waals surface area contributed by atoms with E-state index in [1.54, 1.807) is 0 Å². The van der Waals surface area contributed by atoms with Crippen LogP contribution >= 0.6 is 0 Å². The summed E-state index contributed by atoms with van der Waals surface area (Å²) in [4.78, 5) is 24.3. The molecule has 0 aliphatic rings. The molecule has 0 fully saturated rings. The van der Waals surface area contributed by atoms with E-state index in [2.05, 4.69) is 10.3 Å². The zero-order valence-electron chi connectivity index (χ0n) is 8.79. The summed E-state index contributed by atoms with van der Waals surface area (Å²) in [5.74, 6) is -1.16. The van der Waals surface area contributed by atoms with Crippen LogP contribution in [0.4, 0.5) is 11.5 Å². The molecule has 0 aromatic carbocycles. The number of hydrogen-bond donors (Lipinski definition) is 3. The number of carbonyl (C=O) groups is 1. The van der Waals surface area contributed by atoms with E-state index < -0.39 is 22.1 Å². The molecule has 92 valence electrons. The predicted octanol–water partition coefficient (Wildman–Crippen LogP) is 0.482. The third-order valence-corrected chi connectivity index (χ3v) is 1.95. The second kappa shape index (κ2) is 5.75. The van der Waals surface area contributed by atoms with Gasteiger partial charge in [-0.2, -0.15) is 0 Å². The maximum atomic E-state index is 10.8. The van der Waals surface area contributed by atoms with Gasteiger partial charge < -0.3 is 15.5 Å². The Kier molecular flexibility index (Phi) is 4.35. The number of nitrogens with one attached hydrogen (secondary N) is 1. The minimum Gasteiger partial charge on any atom is -0.477 e. The molecule has 1 aromatic heterocycles. The second-order valence-corrected chi connectivity index (χ2v) is 3.15. The number of carboxylic acids is 1. The zero-order valence-corrected chi connectivity index (χ0v) is 8.79. The van der Waals surface area contributed by atoms with Crippen LogP contribution in [-0.2, 0) is 0 Å². The third-order valence-electron chi connectivity index (χ3n) is 1.95. The van der Waals surface area contributed by atoms with Gasteiger partial charge in [0.1, 0.15) is 17.6 Å². The lowest BCUT2D eigenvalue weighted by Gasteiger charge is -2.05. The van der Waals surface area contributed by atoms with Gasteiger partial charge in [0.2, 0.25) is 0 Å². The fourth-order valence-electron chi connectivity index (χ4n) is 1.16. The van der Waals surface area contributed by atoms with Gasteiger partial charge >= 0.3 is 11.7 Å². The molecule has 1 rings (SSSR count). The van der Waals surface area contributed by atoms with Gasteiger partial charge in [-0.25, -0.2) is 9.78 Å². The SMILES string of the molecule is O=C(O)c1cc(NCCCO)ncc1[N+](=O)[O-]. The highest BCUT2D eigenvalue weighted by atomic mass is 16.6. The molecule has 8 heteroatoms. The van der Waals surface area contributed by atoms with E-state index in [9.17, 15) is 14.9 Å². The fraction of sp³-hybridized carbons (Fsp3) is 0.333. The van der Waals surface area contributed by atoms with Crippen molar-refractivity contribution in [1.29, 1.82) is 0 Å². The molecule has 0 radical (unpaired) electrons. The molecule has 0 atom stereocenters. The molecule has 1 heterocycles. The van der Waals surface area contributed by atoms with Gasteiger partial charge in [-0.3, -0.25) is 10.1 Å². The van der Waals surface area contributed by atoms with Crippen molar-refractivity contribution in [3.8, 4) is 0 Å². The molecule has 1 aromatic rings. The first-order chi connectivity index (χ1) is 8.06. The molecule has 17 heavy (non-hydrogen) atoms. The largest absolute Gasteiger partial charge is 0.477 e. The van der Waals surface area contributed by atoms with Gasteiger partial charge in [0.15, 0.2) is 0 Å². The number of anilines is 1. The van der Waals surface area contributed by atoms with Gasteiger partial charge in [-0.05, 0) is 6.42 Å². The first-order valence-corrected chi connectivity index (χ1v) is 4.78. The summed E-state index contributed by atoms with van der Waals surface area (Å²) in [5, 5.41) is 30.7. The highest BCUT2D eigenvalue weighted by molar-refractivity contribution is 5.93. The Bertz CT molecular complexity index is 435. The van der Waals surface area contributed by atoms with Gasteiger partial charge in [-0.1, -0.05) is 0 Å². The Morgan fingerprint density at radius 1 is 1.59 bits per heavy atom. The van der Waals surface area contributed by atoms with Crippen LogP contribution < -0.4 is 5.32 Å². The first-order valence-electron chi connectivity index (χ1n) is 4.78. The van der Waals surface area contributed by atoms with Crippen molar-refractivity contribution in [2.45, 2.75) is 6.42 Å². The summed E-state index contributed by atoms with van der Waals surface area (Å²) < 4.78 is 0. The lowest BCUT2D eigenvalue weighted by Crippen LogP contribution is -2.08. The maximum Gasteiger partial charge on any atom is 0.342 e. The quantitative estimate of drug-likeness (QED) is 0.375. The summed E-state index contributed by atoms with van der Waals surface area (Å²) in [6.07, 6.45) is 1.37. The molecule has 0 unspecified atom stereocenters. The van der Waals surface area contributed by atoms with Crippen LogP contribution in [0.1, 0.15) is 16.8 Å². The highest BCUT2D eigenvalue weighted by Crippen LogP contribution is 2.20. The summed E-state index contributed by atoms with van der Waals surface area (Å²) in [7, 11) is 0. The topological polar surface area (TPSA) is 126 Å². The predicted molar refractivity (Wildman–Crippen MR) is 58.0 cm³/mol. The summed E-state index contributed by atoms with van der Waals surface area (Å²) in [5.41, 5.74) is -0.971. The number of aromatic nitrogens is 1. The van der Waals surface area contributed by atoms with E-state index in [1.807, 2.05) is 0 Å². The number of aliphatic hydroxyl groups excluding tert-OH is 1. The molecule has 0 aliphatic heterocycles. The van der Waals surface area contributed by atoms with Crippen LogP contribution in [0.25, 0.3) is 0 Å². The van der Waals surface area contributed by atoms with Gasteiger partial charge in [0.25, 0.3) is 0 Å². The standard InChI is InChI=1S/C9H11N3O5/c13-3-1-2-10-8-4-6(9(14)15)7(5-11-8)12(16)17/h4-5,13H,1-3H2,(H,10,11)(H,14,15). The van der Waals surface area contributed by atoms with Gasteiger partial charge in [-0.15, -0.1) is 0 Å². The van der Waals surface area contributed by atoms with Gasteiger partial charge in [0, 0.05) is 19.2 Å². The van der Waals surface area contributed by atoms with Crippen molar-refractivity contribution >= 4 is 17.5 Å². The van der Waals surface area contributed by atoms with Crippen molar-refractivity contribution < 1.29 is 19.9 Å². The molecule has 0 bridgehead atoms. The van der Waals surface area contributed by atoms with E-state index in [0.717, 1.165) is 12.3 Å². The van der Waals surface area contributed by atoms with Crippen molar-refractivity contribution in [2.75, 3.05) is 18.5 Å². The number of nitro groups is 1. The third kappa shape index (κ3) is 3.38. The van der Waals surface area contributed by atoms with Crippen LogP contribution in [0, 0.1) is 10.1 Å². The molecular weight excluding hydrogens is 230 g/mol. The van der Waals surface area contributed by atoms with Crippen LogP contribution in [0.3, 0.4) is 0 Å². The van der Waals surface area contributed by atoms with Crippen LogP contribution in [0.5, 0.6) is 0 Å². The molecule has 0 saturated heterocycles.